The number of fused-ring (bicyclic) bond motifs is 1. The number of nitrogens with two attached hydrogens (primary N) is 1. The van der Waals surface area contributed by atoms with E-state index in [9.17, 15) is 0 Å². The van der Waals surface area contributed by atoms with Gasteiger partial charge in [-0.25, -0.2) is 9.97 Å². The summed E-state index contributed by atoms with van der Waals surface area (Å²) in [7, 11) is 0. The van der Waals surface area contributed by atoms with E-state index in [1.165, 1.54) is 4.88 Å². The summed E-state index contributed by atoms with van der Waals surface area (Å²) in [5.41, 5.74) is 7.79. The van der Waals surface area contributed by atoms with Gasteiger partial charge in [-0.05, 0) is 24.6 Å². The molecule has 0 saturated heterocycles. The van der Waals surface area contributed by atoms with Crippen LogP contribution in [0.25, 0.3) is 10.2 Å². The SMILES string of the molecule is Cc1cc2c(NCc3ccccc3N)ncnc2s1. The smallest absolute Gasteiger partial charge is 0.138 e. The molecule has 0 saturated carbocycles. The molecule has 2 heterocycles. The summed E-state index contributed by atoms with van der Waals surface area (Å²) in [6.45, 7) is 2.74. The van der Waals surface area contributed by atoms with Gasteiger partial charge in [0.05, 0.1) is 5.39 Å². The molecular formula is C14H14N4S. The highest BCUT2D eigenvalue weighted by atomic mass is 32.1. The number of nitrogens with one attached hydrogen (secondary N) is 1. The van der Waals surface area contributed by atoms with Gasteiger partial charge >= 0.3 is 0 Å². The van der Waals surface area contributed by atoms with Gasteiger partial charge in [-0.15, -0.1) is 11.3 Å². The Morgan fingerprint density at radius 2 is 2.11 bits per heavy atom. The zero-order valence-electron chi connectivity index (χ0n) is 10.6. The summed E-state index contributed by atoms with van der Waals surface area (Å²) >= 11 is 1.68. The lowest BCUT2D eigenvalue weighted by atomic mass is 10.2. The number of thiophene rings is 1. The Labute approximate surface area is 115 Å². The molecule has 3 aromatic rings. The van der Waals surface area contributed by atoms with Gasteiger partial charge < -0.3 is 11.1 Å². The van der Waals surface area contributed by atoms with Crippen LogP contribution in [-0.4, -0.2) is 9.97 Å². The Morgan fingerprint density at radius 1 is 1.26 bits per heavy atom. The van der Waals surface area contributed by atoms with Crippen LogP contribution in [0.1, 0.15) is 10.4 Å². The summed E-state index contributed by atoms with van der Waals surface area (Å²) in [6, 6.07) is 9.94. The fourth-order valence-corrected chi connectivity index (χ4v) is 2.84. The molecule has 96 valence electrons. The number of anilines is 2. The van der Waals surface area contributed by atoms with Crippen LogP contribution in [0.2, 0.25) is 0 Å². The molecule has 3 rings (SSSR count). The zero-order chi connectivity index (χ0) is 13.2. The average molecular weight is 270 g/mol. The molecule has 0 atom stereocenters. The first-order chi connectivity index (χ1) is 9.24. The maximum absolute atomic E-state index is 5.93. The predicted molar refractivity (Wildman–Crippen MR) is 80.3 cm³/mol. The molecule has 0 spiro atoms. The molecule has 0 amide bonds. The third-order valence-corrected chi connectivity index (χ3v) is 3.91. The van der Waals surface area contributed by atoms with Crippen molar-refractivity contribution in [2.75, 3.05) is 11.1 Å². The molecule has 0 radical (unpaired) electrons. The first-order valence-corrected chi connectivity index (χ1v) is 6.84. The van der Waals surface area contributed by atoms with Crippen molar-refractivity contribution in [2.24, 2.45) is 0 Å². The molecule has 19 heavy (non-hydrogen) atoms. The van der Waals surface area contributed by atoms with E-state index in [2.05, 4.69) is 28.3 Å². The molecule has 2 aromatic heterocycles. The summed E-state index contributed by atoms with van der Waals surface area (Å²) < 4.78 is 0. The zero-order valence-corrected chi connectivity index (χ0v) is 11.4. The van der Waals surface area contributed by atoms with E-state index in [-0.39, 0.29) is 0 Å². The highest BCUT2D eigenvalue weighted by Gasteiger charge is 2.07. The summed E-state index contributed by atoms with van der Waals surface area (Å²) in [5.74, 6) is 0.859. The normalized spacial score (nSPS) is 10.8. The van der Waals surface area contributed by atoms with E-state index in [1.54, 1.807) is 17.7 Å². The van der Waals surface area contributed by atoms with Gasteiger partial charge in [0.2, 0.25) is 0 Å². The maximum atomic E-state index is 5.93. The van der Waals surface area contributed by atoms with Crippen molar-refractivity contribution < 1.29 is 0 Å². The number of rotatable bonds is 3. The van der Waals surface area contributed by atoms with Crippen molar-refractivity contribution in [1.82, 2.24) is 9.97 Å². The molecule has 0 aliphatic carbocycles. The number of nitrogens with zero attached hydrogens (tertiary/aromatic N) is 2. The minimum absolute atomic E-state index is 0.660. The Morgan fingerprint density at radius 3 is 2.95 bits per heavy atom. The van der Waals surface area contributed by atoms with Gasteiger partial charge in [-0.2, -0.15) is 0 Å². The van der Waals surface area contributed by atoms with E-state index in [1.807, 2.05) is 24.3 Å². The van der Waals surface area contributed by atoms with Crippen LogP contribution in [-0.2, 0) is 6.54 Å². The topological polar surface area (TPSA) is 63.8 Å². The van der Waals surface area contributed by atoms with E-state index in [0.29, 0.717) is 6.54 Å². The van der Waals surface area contributed by atoms with E-state index >= 15 is 0 Å². The quantitative estimate of drug-likeness (QED) is 0.717. The largest absolute Gasteiger partial charge is 0.398 e. The van der Waals surface area contributed by atoms with Crippen LogP contribution in [0, 0.1) is 6.92 Å². The summed E-state index contributed by atoms with van der Waals surface area (Å²) in [4.78, 5) is 10.8. The van der Waals surface area contributed by atoms with Gasteiger partial charge in [0.15, 0.2) is 0 Å². The molecule has 0 aliphatic heterocycles. The molecule has 0 unspecified atom stereocenters. The van der Waals surface area contributed by atoms with Crippen LogP contribution in [0.5, 0.6) is 0 Å². The second-order valence-corrected chi connectivity index (χ2v) is 5.59. The van der Waals surface area contributed by atoms with Crippen LogP contribution in [0.3, 0.4) is 0 Å². The number of aromatic nitrogens is 2. The third kappa shape index (κ3) is 2.37. The number of benzene rings is 1. The van der Waals surface area contributed by atoms with E-state index in [4.69, 9.17) is 5.73 Å². The number of aryl methyl sites for hydroxylation is 1. The fourth-order valence-electron chi connectivity index (χ4n) is 1.99. The van der Waals surface area contributed by atoms with Gasteiger partial charge in [-0.1, -0.05) is 18.2 Å². The number of hydrogen-bond acceptors (Lipinski definition) is 5. The van der Waals surface area contributed by atoms with Crippen LogP contribution >= 0.6 is 11.3 Å². The van der Waals surface area contributed by atoms with Gasteiger partial charge in [0.25, 0.3) is 0 Å². The second kappa shape index (κ2) is 4.85. The van der Waals surface area contributed by atoms with Crippen molar-refractivity contribution in [3.8, 4) is 0 Å². The van der Waals surface area contributed by atoms with Crippen molar-refractivity contribution in [1.29, 1.82) is 0 Å². The second-order valence-electron chi connectivity index (χ2n) is 4.35. The van der Waals surface area contributed by atoms with Crippen LogP contribution in [0.4, 0.5) is 11.5 Å². The highest BCUT2D eigenvalue weighted by molar-refractivity contribution is 7.18. The van der Waals surface area contributed by atoms with Gasteiger partial charge in [0, 0.05) is 17.1 Å². The minimum atomic E-state index is 0.660. The first kappa shape index (κ1) is 11.9. The van der Waals surface area contributed by atoms with Crippen LogP contribution < -0.4 is 11.1 Å². The number of nitrogen functional groups attached to an aromatic ring is 1. The van der Waals surface area contributed by atoms with Crippen molar-refractivity contribution >= 4 is 33.1 Å². The standard InChI is InChI=1S/C14H14N4S/c1-9-6-11-13(17-8-18-14(11)19-9)16-7-10-4-2-3-5-12(10)15/h2-6,8H,7,15H2,1H3,(H,16,17,18). The molecule has 0 bridgehead atoms. The lowest BCUT2D eigenvalue weighted by Gasteiger charge is -2.08. The Hall–Kier alpha value is -2.14. The molecular weight excluding hydrogens is 256 g/mol. The van der Waals surface area contributed by atoms with Crippen molar-refractivity contribution in [3.05, 3.63) is 47.1 Å². The molecule has 0 aliphatic rings. The predicted octanol–water partition coefficient (Wildman–Crippen LogP) is 3.19. The van der Waals surface area contributed by atoms with Crippen molar-refractivity contribution in [2.45, 2.75) is 13.5 Å². The number of hydrogen-bond donors (Lipinski definition) is 2. The molecule has 3 N–H and O–H groups in total. The van der Waals surface area contributed by atoms with Gasteiger partial charge in [0.1, 0.15) is 17.0 Å². The average Bonchev–Trinajstić information content (AvgIpc) is 2.78. The lowest BCUT2D eigenvalue weighted by molar-refractivity contribution is 1.11. The van der Waals surface area contributed by atoms with Gasteiger partial charge in [-0.3, -0.25) is 0 Å². The summed E-state index contributed by atoms with van der Waals surface area (Å²) in [6.07, 6.45) is 1.59. The molecule has 5 heteroatoms. The Balaban J connectivity index is 1.88. The first-order valence-electron chi connectivity index (χ1n) is 6.02. The maximum Gasteiger partial charge on any atom is 0.138 e. The fraction of sp³-hybridized carbons (Fsp3) is 0.143. The van der Waals surface area contributed by atoms with Crippen molar-refractivity contribution in [3.63, 3.8) is 0 Å². The Kier molecular flexibility index (Phi) is 3.05. The number of para-hydroxylation sites is 1. The van der Waals surface area contributed by atoms with E-state index < -0.39 is 0 Å². The Bertz CT molecular complexity index is 720. The minimum Gasteiger partial charge on any atom is -0.398 e. The molecule has 0 fully saturated rings. The summed E-state index contributed by atoms with van der Waals surface area (Å²) in [5, 5.41) is 4.40. The lowest BCUT2D eigenvalue weighted by Crippen LogP contribution is -2.04. The highest BCUT2D eigenvalue weighted by Crippen LogP contribution is 2.27. The van der Waals surface area contributed by atoms with Crippen LogP contribution in [0.15, 0.2) is 36.7 Å². The third-order valence-electron chi connectivity index (χ3n) is 2.95. The van der Waals surface area contributed by atoms with E-state index in [0.717, 1.165) is 27.3 Å². The molecule has 4 nitrogen and oxygen atoms in total. The molecule has 1 aromatic carbocycles. The monoisotopic (exact) mass is 270 g/mol.